The molecule has 1 heterocycles. The van der Waals surface area contributed by atoms with Crippen molar-refractivity contribution >= 4 is 5.91 Å². The van der Waals surface area contributed by atoms with Crippen molar-refractivity contribution in [2.24, 2.45) is 10.5 Å². The van der Waals surface area contributed by atoms with Gasteiger partial charge in [-0.15, -0.1) is 0 Å². The third kappa shape index (κ3) is 1.43. The van der Waals surface area contributed by atoms with E-state index in [2.05, 4.69) is 15.3 Å². The van der Waals surface area contributed by atoms with Crippen molar-refractivity contribution in [3.63, 3.8) is 0 Å². The molecule has 11 heavy (non-hydrogen) atoms. The molecule has 0 aromatic heterocycles. The molecule has 1 N–H and O–H groups in total. The minimum Gasteiger partial charge on any atom is -0.356 e. The maximum absolute atomic E-state index is 11.1. The Morgan fingerprint density at radius 2 is 2.64 bits per heavy atom. The summed E-state index contributed by atoms with van der Waals surface area (Å²) >= 11 is 0. The van der Waals surface area contributed by atoms with Crippen LogP contribution in [0.4, 0.5) is 0 Å². The molecule has 1 atom stereocenters. The Morgan fingerprint density at radius 3 is 3.09 bits per heavy atom. The zero-order chi connectivity index (χ0) is 8.32. The van der Waals surface area contributed by atoms with E-state index in [4.69, 9.17) is 5.53 Å². The van der Waals surface area contributed by atoms with Crippen LogP contribution >= 0.6 is 0 Å². The fraction of sp³-hybridized carbons (Fsp3) is 0.833. The zero-order valence-electron chi connectivity index (χ0n) is 6.37. The highest BCUT2D eigenvalue weighted by Gasteiger charge is 2.36. The molecule has 0 bridgehead atoms. The predicted octanol–water partition coefficient (Wildman–Crippen LogP) is 0.823. The minimum atomic E-state index is -0.466. The second kappa shape index (κ2) is 2.80. The number of nitrogens with zero attached hydrogens (tertiary/aromatic N) is 3. The van der Waals surface area contributed by atoms with E-state index in [-0.39, 0.29) is 12.5 Å². The minimum absolute atomic E-state index is 0.00935. The molecule has 1 aliphatic heterocycles. The molecule has 0 aromatic rings. The lowest BCUT2D eigenvalue weighted by Crippen LogP contribution is -2.30. The Labute approximate surface area is 64.4 Å². The average Bonchev–Trinajstić information content (AvgIpc) is 2.30. The molecule has 0 spiro atoms. The van der Waals surface area contributed by atoms with Gasteiger partial charge in [-0.25, -0.2) is 0 Å². The number of rotatable bonds is 2. The first-order valence-electron chi connectivity index (χ1n) is 3.48. The number of carbonyl (C=O) groups is 1. The number of carbonyl (C=O) groups excluding carboxylic acids is 1. The van der Waals surface area contributed by atoms with Gasteiger partial charge in [0, 0.05) is 18.0 Å². The Hall–Kier alpha value is -1.22. The summed E-state index contributed by atoms with van der Waals surface area (Å²) in [6, 6.07) is 0. The number of hydrogen-bond donors (Lipinski definition) is 1. The second-order valence-electron chi connectivity index (χ2n) is 2.96. The van der Waals surface area contributed by atoms with Crippen LogP contribution in [0.2, 0.25) is 0 Å². The van der Waals surface area contributed by atoms with Gasteiger partial charge >= 0.3 is 0 Å². The number of nitrogens with one attached hydrogen (secondary N) is 1. The first-order chi connectivity index (χ1) is 5.19. The normalized spacial score (nSPS) is 29.4. The van der Waals surface area contributed by atoms with Crippen LogP contribution in [0.15, 0.2) is 5.11 Å². The van der Waals surface area contributed by atoms with Gasteiger partial charge in [0.15, 0.2) is 0 Å². The molecule has 60 valence electrons. The summed E-state index contributed by atoms with van der Waals surface area (Å²) in [5.41, 5.74) is 7.59. The zero-order valence-corrected chi connectivity index (χ0v) is 6.37. The molecule has 0 saturated carbocycles. The fourth-order valence-electron chi connectivity index (χ4n) is 1.12. The van der Waals surface area contributed by atoms with E-state index in [0.717, 1.165) is 6.42 Å². The highest BCUT2D eigenvalue weighted by molar-refractivity contribution is 5.84. The van der Waals surface area contributed by atoms with Crippen LogP contribution in [0.1, 0.15) is 13.3 Å². The highest BCUT2D eigenvalue weighted by Crippen LogP contribution is 2.25. The first-order valence-corrected chi connectivity index (χ1v) is 3.48. The van der Waals surface area contributed by atoms with Gasteiger partial charge in [0.25, 0.3) is 0 Å². The van der Waals surface area contributed by atoms with Crippen molar-refractivity contribution in [3.8, 4) is 0 Å². The van der Waals surface area contributed by atoms with Gasteiger partial charge in [-0.05, 0) is 12.0 Å². The smallest absolute Gasteiger partial charge is 0.226 e. The van der Waals surface area contributed by atoms with Crippen LogP contribution in [0.25, 0.3) is 10.4 Å². The van der Waals surface area contributed by atoms with Gasteiger partial charge in [0.2, 0.25) is 5.91 Å². The molecule has 5 heteroatoms. The Kier molecular flexibility index (Phi) is 2.01. The topological polar surface area (TPSA) is 77.9 Å². The monoisotopic (exact) mass is 154 g/mol. The number of azide groups is 1. The summed E-state index contributed by atoms with van der Waals surface area (Å²) in [6.07, 6.45) is 0.755. The summed E-state index contributed by atoms with van der Waals surface area (Å²) in [5.74, 6) is -0.00935. The maximum atomic E-state index is 11.1. The second-order valence-corrected chi connectivity index (χ2v) is 2.96. The van der Waals surface area contributed by atoms with E-state index < -0.39 is 5.41 Å². The maximum Gasteiger partial charge on any atom is 0.226 e. The van der Waals surface area contributed by atoms with Gasteiger partial charge in [-0.1, -0.05) is 12.0 Å². The largest absolute Gasteiger partial charge is 0.356 e. The summed E-state index contributed by atoms with van der Waals surface area (Å²) in [5, 5.41) is 6.09. The quantitative estimate of drug-likeness (QED) is 0.356. The summed E-state index contributed by atoms with van der Waals surface area (Å²) in [4.78, 5) is 13.7. The van der Waals surface area contributed by atoms with E-state index in [1.807, 2.05) is 6.92 Å². The van der Waals surface area contributed by atoms with Crippen LogP contribution in [0.3, 0.4) is 0 Å². The van der Waals surface area contributed by atoms with Gasteiger partial charge in [0.05, 0.1) is 5.41 Å². The molecule has 1 aliphatic rings. The Morgan fingerprint density at radius 1 is 1.91 bits per heavy atom. The lowest BCUT2D eigenvalue weighted by molar-refractivity contribution is -0.126. The molecular weight excluding hydrogens is 144 g/mol. The van der Waals surface area contributed by atoms with Crippen LogP contribution in [0, 0.1) is 5.41 Å². The lowest BCUT2D eigenvalue weighted by Gasteiger charge is -2.15. The van der Waals surface area contributed by atoms with Crippen LogP contribution in [-0.4, -0.2) is 19.0 Å². The Balaban J connectivity index is 2.65. The van der Waals surface area contributed by atoms with E-state index in [0.29, 0.717) is 6.54 Å². The summed E-state index contributed by atoms with van der Waals surface area (Å²) < 4.78 is 0. The Bertz CT molecular complexity index is 221. The molecule has 0 aromatic carbocycles. The summed E-state index contributed by atoms with van der Waals surface area (Å²) in [6.45, 7) is 2.76. The lowest BCUT2D eigenvalue weighted by atomic mass is 9.89. The molecule has 5 nitrogen and oxygen atoms in total. The fourth-order valence-corrected chi connectivity index (χ4v) is 1.12. The van der Waals surface area contributed by atoms with Crippen LogP contribution in [-0.2, 0) is 4.79 Å². The van der Waals surface area contributed by atoms with Crippen LogP contribution < -0.4 is 5.32 Å². The van der Waals surface area contributed by atoms with Crippen molar-refractivity contribution in [2.45, 2.75) is 13.3 Å². The van der Waals surface area contributed by atoms with Gasteiger partial charge in [0.1, 0.15) is 0 Å². The SMILES string of the molecule is C[C@]1(CN=[N+]=[N-])CCNC1=O. The molecule has 1 rings (SSSR count). The molecule has 1 saturated heterocycles. The van der Waals surface area contributed by atoms with Crippen molar-refractivity contribution in [3.05, 3.63) is 10.4 Å². The molecule has 0 aliphatic carbocycles. The van der Waals surface area contributed by atoms with Crippen molar-refractivity contribution in [1.29, 1.82) is 0 Å². The number of amides is 1. The molecule has 1 fully saturated rings. The molecule has 0 radical (unpaired) electrons. The summed E-state index contributed by atoms with van der Waals surface area (Å²) in [7, 11) is 0. The van der Waals surface area contributed by atoms with Gasteiger partial charge in [-0.2, -0.15) is 0 Å². The van der Waals surface area contributed by atoms with Gasteiger partial charge in [-0.3, -0.25) is 4.79 Å². The third-order valence-corrected chi connectivity index (χ3v) is 1.99. The van der Waals surface area contributed by atoms with Gasteiger partial charge < -0.3 is 5.32 Å². The van der Waals surface area contributed by atoms with E-state index in [1.54, 1.807) is 0 Å². The van der Waals surface area contributed by atoms with E-state index in [1.165, 1.54) is 0 Å². The average molecular weight is 154 g/mol. The van der Waals surface area contributed by atoms with Crippen molar-refractivity contribution in [1.82, 2.24) is 5.32 Å². The highest BCUT2D eigenvalue weighted by atomic mass is 16.2. The molecule has 0 unspecified atom stereocenters. The third-order valence-electron chi connectivity index (χ3n) is 1.99. The molecule has 1 amide bonds. The predicted molar refractivity (Wildman–Crippen MR) is 39.7 cm³/mol. The molecular formula is C6H10N4O. The van der Waals surface area contributed by atoms with Crippen molar-refractivity contribution < 1.29 is 4.79 Å². The first kappa shape index (κ1) is 7.88. The van der Waals surface area contributed by atoms with Crippen molar-refractivity contribution in [2.75, 3.05) is 13.1 Å². The van der Waals surface area contributed by atoms with Crippen LogP contribution in [0.5, 0.6) is 0 Å². The van der Waals surface area contributed by atoms with E-state index >= 15 is 0 Å². The standard InChI is InChI=1S/C6H10N4O/c1-6(4-9-10-7)2-3-8-5(6)11/h2-4H2,1H3,(H,8,11)/t6-/m1/s1. The number of hydrogen-bond acceptors (Lipinski definition) is 2. The van der Waals surface area contributed by atoms with E-state index in [9.17, 15) is 4.79 Å².